The van der Waals surface area contributed by atoms with Gasteiger partial charge in [-0.25, -0.2) is 9.97 Å². The van der Waals surface area contributed by atoms with Crippen molar-refractivity contribution in [3.05, 3.63) is 102 Å². The Morgan fingerprint density at radius 3 is 2.13 bits per heavy atom. The quantitative estimate of drug-likeness (QED) is 0.244. The molecule has 4 nitrogen and oxygen atoms in total. The standard InChI is InChI=1S/C34H29N3O/c1-20(2)23-13-9-14-24(21(3)4)31(23)37-33(36-29-19-22-11-5-7-17-28(22)35-34(29)37)27-16-10-15-26-25-12-6-8-18-30(25)38-32(26)27/h5-21H,1-4H3. The summed E-state index contributed by atoms with van der Waals surface area (Å²) in [6, 6.07) is 31.7. The second-order valence-electron chi connectivity index (χ2n) is 10.7. The number of benzene rings is 4. The first-order chi connectivity index (χ1) is 18.5. The van der Waals surface area contributed by atoms with Crippen LogP contribution < -0.4 is 0 Å². The van der Waals surface area contributed by atoms with E-state index in [0.29, 0.717) is 11.8 Å². The molecule has 0 N–H and O–H groups in total. The zero-order valence-electron chi connectivity index (χ0n) is 22.1. The number of para-hydroxylation sites is 4. The van der Waals surface area contributed by atoms with Gasteiger partial charge in [0, 0.05) is 16.2 Å². The average molecular weight is 496 g/mol. The topological polar surface area (TPSA) is 43.9 Å². The molecule has 186 valence electrons. The van der Waals surface area contributed by atoms with Gasteiger partial charge < -0.3 is 4.42 Å². The molecule has 0 amide bonds. The van der Waals surface area contributed by atoms with Crippen LogP contribution in [0.15, 0.2) is 95.4 Å². The number of hydrogen-bond donors (Lipinski definition) is 0. The lowest BCUT2D eigenvalue weighted by molar-refractivity contribution is 0.669. The maximum Gasteiger partial charge on any atom is 0.165 e. The van der Waals surface area contributed by atoms with E-state index in [4.69, 9.17) is 14.4 Å². The van der Waals surface area contributed by atoms with Crippen molar-refractivity contribution in [2.75, 3.05) is 0 Å². The Morgan fingerprint density at radius 2 is 1.34 bits per heavy atom. The predicted octanol–water partition coefficient (Wildman–Crippen LogP) is 9.39. The Bertz CT molecular complexity index is 1960. The molecule has 4 heteroatoms. The number of aromatic nitrogens is 3. The van der Waals surface area contributed by atoms with Gasteiger partial charge in [-0.05, 0) is 47.2 Å². The summed E-state index contributed by atoms with van der Waals surface area (Å²) in [7, 11) is 0. The minimum absolute atomic E-state index is 0.330. The van der Waals surface area contributed by atoms with Crippen LogP contribution in [0.4, 0.5) is 0 Å². The Morgan fingerprint density at radius 1 is 0.658 bits per heavy atom. The average Bonchev–Trinajstić information content (AvgIpc) is 3.49. The number of hydrogen-bond acceptors (Lipinski definition) is 3. The van der Waals surface area contributed by atoms with Crippen molar-refractivity contribution >= 4 is 44.0 Å². The molecule has 0 saturated carbocycles. The molecule has 0 fully saturated rings. The van der Waals surface area contributed by atoms with E-state index in [1.807, 2.05) is 24.3 Å². The molecule has 0 radical (unpaired) electrons. The normalized spacial score (nSPS) is 12.2. The van der Waals surface area contributed by atoms with Gasteiger partial charge in [-0.1, -0.05) is 94.4 Å². The fraction of sp³-hybridized carbons (Fsp3) is 0.176. The molecule has 0 spiro atoms. The number of furan rings is 1. The number of pyridine rings is 1. The molecule has 0 atom stereocenters. The molecule has 3 heterocycles. The van der Waals surface area contributed by atoms with Crippen molar-refractivity contribution in [3.63, 3.8) is 0 Å². The number of nitrogens with zero attached hydrogens (tertiary/aromatic N) is 3. The van der Waals surface area contributed by atoms with E-state index < -0.39 is 0 Å². The highest BCUT2D eigenvalue weighted by Gasteiger charge is 2.25. The Labute approximate surface area is 221 Å². The highest BCUT2D eigenvalue weighted by molar-refractivity contribution is 6.09. The van der Waals surface area contributed by atoms with E-state index in [2.05, 4.69) is 99.0 Å². The smallest absolute Gasteiger partial charge is 0.165 e. The van der Waals surface area contributed by atoms with E-state index in [-0.39, 0.29) is 0 Å². The Balaban J connectivity index is 1.67. The lowest BCUT2D eigenvalue weighted by atomic mass is 9.92. The molecule has 0 unspecified atom stereocenters. The predicted molar refractivity (Wildman–Crippen MR) is 157 cm³/mol. The van der Waals surface area contributed by atoms with E-state index in [9.17, 15) is 0 Å². The fourth-order valence-electron chi connectivity index (χ4n) is 5.69. The largest absolute Gasteiger partial charge is 0.455 e. The van der Waals surface area contributed by atoms with Gasteiger partial charge in [0.25, 0.3) is 0 Å². The minimum atomic E-state index is 0.330. The van der Waals surface area contributed by atoms with Crippen LogP contribution in [0.5, 0.6) is 0 Å². The first-order valence-electron chi connectivity index (χ1n) is 13.3. The highest BCUT2D eigenvalue weighted by Crippen LogP contribution is 2.40. The Kier molecular flexibility index (Phi) is 5.12. The third kappa shape index (κ3) is 3.37. The van der Waals surface area contributed by atoms with Gasteiger partial charge in [0.2, 0.25) is 0 Å². The Hall–Kier alpha value is -4.44. The third-order valence-electron chi connectivity index (χ3n) is 7.55. The van der Waals surface area contributed by atoms with E-state index in [0.717, 1.165) is 55.4 Å². The van der Waals surface area contributed by atoms with Gasteiger partial charge in [0.1, 0.15) is 16.7 Å². The van der Waals surface area contributed by atoms with Crippen LogP contribution in [0.2, 0.25) is 0 Å². The van der Waals surface area contributed by atoms with Crippen molar-refractivity contribution in [1.29, 1.82) is 0 Å². The summed E-state index contributed by atoms with van der Waals surface area (Å²) >= 11 is 0. The van der Waals surface area contributed by atoms with E-state index in [1.54, 1.807) is 0 Å². The van der Waals surface area contributed by atoms with Crippen LogP contribution in [0.3, 0.4) is 0 Å². The van der Waals surface area contributed by atoms with Crippen molar-refractivity contribution in [3.8, 4) is 17.1 Å². The summed E-state index contributed by atoms with van der Waals surface area (Å²) in [6.07, 6.45) is 0. The van der Waals surface area contributed by atoms with Crippen LogP contribution in [-0.2, 0) is 0 Å². The summed E-state index contributed by atoms with van der Waals surface area (Å²) in [4.78, 5) is 10.5. The van der Waals surface area contributed by atoms with Gasteiger partial charge in [0.15, 0.2) is 11.5 Å². The monoisotopic (exact) mass is 495 g/mol. The highest BCUT2D eigenvalue weighted by atomic mass is 16.3. The van der Waals surface area contributed by atoms with Gasteiger partial charge in [-0.2, -0.15) is 0 Å². The molecule has 7 rings (SSSR count). The molecular weight excluding hydrogens is 466 g/mol. The lowest BCUT2D eigenvalue weighted by Crippen LogP contribution is -2.09. The molecule has 0 aliphatic carbocycles. The van der Waals surface area contributed by atoms with Gasteiger partial charge in [-0.3, -0.25) is 4.57 Å². The maximum atomic E-state index is 6.48. The maximum absolute atomic E-state index is 6.48. The van der Waals surface area contributed by atoms with Crippen LogP contribution in [0.1, 0.15) is 50.7 Å². The number of imidazole rings is 1. The second-order valence-corrected chi connectivity index (χ2v) is 10.7. The van der Waals surface area contributed by atoms with Crippen molar-refractivity contribution < 1.29 is 4.42 Å². The van der Waals surface area contributed by atoms with Crippen LogP contribution in [0.25, 0.3) is 61.1 Å². The zero-order valence-corrected chi connectivity index (χ0v) is 22.1. The SMILES string of the molecule is CC(C)c1cccc(C(C)C)c1-n1c(-c2cccc3c2oc2ccccc23)nc2cc3ccccc3nc21. The van der Waals surface area contributed by atoms with Crippen LogP contribution in [0, 0.1) is 0 Å². The second kappa shape index (κ2) is 8.56. The summed E-state index contributed by atoms with van der Waals surface area (Å²) in [5, 5.41) is 3.29. The summed E-state index contributed by atoms with van der Waals surface area (Å²) in [5.41, 5.74) is 9.13. The molecular formula is C34H29N3O. The molecule has 0 saturated heterocycles. The first-order valence-corrected chi connectivity index (χ1v) is 13.3. The number of rotatable bonds is 4. The van der Waals surface area contributed by atoms with Crippen molar-refractivity contribution in [2.24, 2.45) is 0 Å². The molecule has 4 aromatic carbocycles. The van der Waals surface area contributed by atoms with Crippen molar-refractivity contribution in [1.82, 2.24) is 14.5 Å². The summed E-state index contributed by atoms with van der Waals surface area (Å²) < 4.78 is 8.77. The van der Waals surface area contributed by atoms with Crippen molar-refractivity contribution in [2.45, 2.75) is 39.5 Å². The fourth-order valence-corrected chi connectivity index (χ4v) is 5.69. The van der Waals surface area contributed by atoms with Crippen LogP contribution >= 0.6 is 0 Å². The van der Waals surface area contributed by atoms with Gasteiger partial charge in [0.05, 0.1) is 16.8 Å². The van der Waals surface area contributed by atoms with Gasteiger partial charge >= 0.3 is 0 Å². The zero-order chi connectivity index (χ0) is 26.0. The minimum Gasteiger partial charge on any atom is -0.455 e. The molecule has 0 aliphatic rings. The third-order valence-corrected chi connectivity index (χ3v) is 7.55. The van der Waals surface area contributed by atoms with Crippen LogP contribution in [-0.4, -0.2) is 14.5 Å². The summed E-state index contributed by atoms with van der Waals surface area (Å²) in [5.74, 6) is 1.51. The van der Waals surface area contributed by atoms with Gasteiger partial charge in [-0.15, -0.1) is 0 Å². The van der Waals surface area contributed by atoms with E-state index >= 15 is 0 Å². The first kappa shape index (κ1) is 22.7. The molecule has 38 heavy (non-hydrogen) atoms. The molecule has 3 aromatic heterocycles. The number of fused-ring (bicyclic) bond motifs is 5. The molecule has 7 aromatic rings. The molecule has 0 bridgehead atoms. The lowest BCUT2D eigenvalue weighted by Gasteiger charge is -2.22. The molecule has 0 aliphatic heterocycles. The summed E-state index contributed by atoms with van der Waals surface area (Å²) in [6.45, 7) is 9.02. The van der Waals surface area contributed by atoms with E-state index in [1.165, 1.54) is 16.8 Å².